The van der Waals surface area contributed by atoms with Crippen molar-refractivity contribution >= 4 is 17.5 Å². The van der Waals surface area contributed by atoms with E-state index in [0.29, 0.717) is 17.5 Å². The van der Waals surface area contributed by atoms with Crippen molar-refractivity contribution in [2.45, 2.75) is 50.5 Å². The molecule has 1 rings (SSSR count). The molecule has 0 spiro atoms. The Bertz CT molecular complexity index is 213. The molecule has 0 heterocycles. The number of hydrogen-bond acceptors (Lipinski definition) is 3. The minimum absolute atomic E-state index is 0.200. The molecule has 0 bridgehead atoms. The molecule has 3 heteroatoms. The van der Waals surface area contributed by atoms with Gasteiger partial charge in [-0.15, -0.1) is 0 Å². The van der Waals surface area contributed by atoms with E-state index in [-0.39, 0.29) is 17.3 Å². The quantitative estimate of drug-likeness (QED) is 0.786. The molecule has 0 saturated heterocycles. The Kier molecular flexibility index (Phi) is 4.02. The Labute approximate surface area is 90.5 Å². The maximum Gasteiger partial charge on any atom is 0.134 e. The standard InChI is InChI=1S/C11H20O2S/c1-8(7-12)14-10-6-9(13)4-5-11(10,2)3/h8,10,12H,4-7H2,1-3H3. The van der Waals surface area contributed by atoms with E-state index < -0.39 is 0 Å². The lowest BCUT2D eigenvalue weighted by Crippen LogP contribution is -2.35. The van der Waals surface area contributed by atoms with E-state index in [2.05, 4.69) is 13.8 Å². The van der Waals surface area contributed by atoms with Gasteiger partial charge in [-0.25, -0.2) is 0 Å². The first-order valence-electron chi connectivity index (χ1n) is 5.23. The van der Waals surface area contributed by atoms with Gasteiger partial charge in [0.25, 0.3) is 0 Å². The van der Waals surface area contributed by atoms with Gasteiger partial charge < -0.3 is 5.11 Å². The predicted octanol–water partition coefficient (Wildman–Crippen LogP) is 2.25. The van der Waals surface area contributed by atoms with Gasteiger partial charge in [-0.3, -0.25) is 4.79 Å². The van der Waals surface area contributed by atoms with Crippen LogP contribution in [0.3, 0.4) is 0 Å². The van der Waals surface area contributed by atoms with Crippen molar-refractivity contribution in [1.82, 2.24) is 0 Å². The number of aliphatic hydroxyl groups excluding tert-OH is 1. The summed E-state index contributed by atoms with van der Waals surface area (Å²) in [6.07, 6.45) is 2.40. The maximum absolute atomic E-state index is 11.4. The summed E-state index contributed by atoms with van der Waals surface area (Å²) in [5.41, 5.74) is 0.238. The Morgan fingerprint density at radius 1 is 1.64 bits per heavy atom. The zero-order valence-corrected chi connectivity index (χ0v) is 10.1. The molecule has 1 N–H and O–H groups in total. The lowest BCUT2D eigenvalue weighted by Gasteiger charge is -2.38. The molecule has 1 saturated carbocycles. The van der Waals surface area contributed by atoms with Gasteiger partial charge in [-0.1, -0.05) is 20.8 Å². The molecule has 0 aliphatic heterocycles. The topological polar surface area (TPSA) is 37.3 Å². The maximum atomic E-state index is 11.4. The minimum Gasteiger partial charge on any atom is -0.395 e. The summed E-state index contributed by atoms with van der Waals surface area (Å²) in [7, 11) is 0. The molecule has 82 valence electrons. The zero-order chi connectivity index (χ0) is 10.8. The first kappa shape index (κ1) is 12.1. The van der Waals surface area contributed by atoms with Crippen LogP contribution in [-0.2, 0) is 4.79 Å². The van der Waals surface area contributed by atoms with Crippen molar-refractivity contribution in [3.8, 4) is 0 Å². The van der Waals surface area contributed by atoms with E-state index in [4.69, 9.17) is 5.11 Å². The summed E-state index contributed by atoms with van der Waals surface area (Å²) in [5, 5.41) is 9.62. The second kappa shape index (κ2) is 4.67. The fourth-order valence-corrected chi connectivity index (χ4v) is 3.18. The summed E-state index contributed by atoms with van der Waals surface area (Å²) in [6.45, 7) is 6.66. The second-order valence-electron chi connectivity index (χ2n) is 4.85. The summed E-state index contributed by atoms with van der Waals surface area (Å²) in [6, 6.07) is 0. The van der Waals surface area contributed by atoms with E-state index in [1.165, 1.54) is 0 Å². The molecule has 2 nitrogen and oxygen atoms in total. The molecule has 0 aromatic carbocycles. The van der Waals surface area contributed by atoms with Crippen LogP contribution in [0.2, 0.25) is 0 Å². The predicted molar refractivity (Wildman–Crippen MR) is 60.6 cm³/mol. The number of rotatable bonds is 3. The lowest BCUT2D eigenvalue weighted by atomic mass is 9.76. The Morgan fingerprint density at radius 3 is 2.86 bits per heavy atom. The minimum atomic E-state index is 0.200. The number of ketones is 1. The van der Waals surface area contributed by atoms with E-state index in [9.17, 15) is 4.79 Å². The molecular weight excluding hydrogens is 196 g/mol. The highest BCUT2D eigenvalue weighted by atomic mass is 32.2. The first-order chi connectivity index (χ1) is 6.45. The third-order valence-electron chi connectivity index (χ3n) is 2.99. The first-order valence-corrected chi connectivity index (χ1v) is 6.18. The molecule has 1 aliphatic carbocycles. The van der Waals surface area contributed by atoms with Crippen LogP contribution >= 0.6 is 11.8 Å². The normalized spacial score (nSPS) is 28.9. The van der Waals surface area contributed by atoms with Crippen LogP contribution in [0.25, 0.3) is 0 Å². The highest BCUT2D eigenvalue weighted by molar-refractivity contribution is 8.00. The summed E-state index contributed by atoms with van der Waals surface area (Å²) in [5.74, 6) is 0.381. The van der Waals surface area contributed by atoms with Crippen LogP contribution < -0.4 is 0 Å². The number of thioether (sulfide) groups is 1. The van der Waals surface area contributed by atoms with Crippen LogP contribution in [0, 0.1) is 5.41 Å². The second-order valence-corrected chi connectivity index (χ2v) is 6.50. The number of hydrogen-bond donors (Lipinski definition) is 1. The van der Waals surface area contributed by atoms with Gasteiger partial charge in [0.2, 0.25) is 0 Å². The van der Waals surface area contributed by atoms with Gasteiger partial charge in [0, 0.05) is 23.3 Å². The molecule has 2 atom stereocenters. The number of aliphatic hydroxyl groups is 1. The van der Waals surface area contributed by atoms with E-state index in [0.717, 1.165) is 12.8 Å². The molecule has 0 amide bonds. The van der Waals surface area contributed by atoms with Gasteiger partial charge in [-0.2, -0.15) is 11.8 Å². The molecular formula is C11H20O2S. The Morgan fingerprint density at radius 2 is 2.29 bits per heavy atom. The highest BCUT2D eigenvalue weighted by Crippen LogP contribution is 2.42. The Hall–Kier alpha value is -0.0200. The van der Waals surface area contributed by atoms with Crippen molar-refractivity contribution in [2.24, 2.45) is 5.41 Å². The molecule has 0 radical (unpaired) electrons. The molecule has 1 aliphatic rings. The fraction of sp³-hybridized carbons (Fsp3) is 0.909. The van der Waals surface area contributed by atoms with E-state index in [1.54, 1.807) is 11.8 Å². The van der Waals surface area contributed by atoms with Crippen molar-refractivity contribution in [2.75, 3.05) is 6.61 Å². The summed E-state index contributed by atoms with van der Waals surface area (Å²) < 4.78 is 0. The average Bonchev–Trinajstić information content (AvgIpc) is 2.12. The van der Waals surface area contributed by atoms with E-state index in [1.807, 2.05) is 6.92 Å². The lowest BCUT2D eigenvalue weighted by molar-refractivity contribution is -0.121. The molecule has 1 fully saturated rings. The fourth-order valence-electron chi connectivity index (χ4n) is 1.76. The molecule has 2 unspecified atom stereocenters. The highest BCUT2D eigenvalue weighted by Gasteiger charge is 2.36. The largest absolute Gasteiger partial charge is 0.395 e. The number of carbonyl (C=O) groups is 1. The van der Waals surface area contributed by atoms with Crippen LogP contribution in [-0.4, -0.2) is 28.0 Å². The van der Waals surface area contributed by atoms with Crippen LogP contribution in [0.1, 0.15) is 40.0 Å². The monoisotopic (exact) mass is 216 g/mol. The van der Waals surface area contributed by atoms with Crippen molar-refractivity contribution in [3.05, 3.63) is 0 Å². The van der Waals surface area contributed by atoms with E-state index >= 15 is 0 Å². The summed E-state index contributed by atoms with van der Waals surface area (Å²) >= 11 is 1.76. The zero-order valence-electron chi connectivity index (χ0n) is 9.25. The smallest absolute Gasteiger partial charge is 0.134 e. The average molecular weight is 216 g/mol. The molecule has 14 heavy (non-hydrogen) atoms. The molecule has 0 aromatic heterocycles. The van der Waals surface area contributed by atoms with Crippen LogP contribution in [0.15, 0.2) is 0 Å². The molecule has 0 aromatic rings. The van der Waals surface area contributed by atoms with Gasteiger partial charge in [0.15, 0.2) is 0 Å². The van der Waals surface area contributed by atoms with Gasteiger partial charge >= 0.3 is 0 Å². The Balaban J connectivity index is 2.58. The van der Waals surface area contributed by atoms with Gasteiger partial charge in [0.1, 0.15) is 5.78 Å². The van der Waals surface area contributed by atoms with Gasteiger partial charge in [-0.05, 0) is 11.8 Å². The van der Waals surface area contributed by atoms with Crippen molar-refractivity contribution in [1.29, 1.82) is 0 Å². The SMILES string of the molecule is CC(CO)SC1CC(=O)CCC1(C)C. The van der Waals surface area contributed by atoms with Crippen LogP contribution in [0.5, 0.6) is 0 Å². The third-order valence-corrected chi connectivity index (χ3v) is 4.73. The number of carbonyl (C=O) groups excluding carboxylic acids is 1. The van der Waals surface area contributed by atoms with Gasteiger partial charge in [0.05, 0.1) is 6.61 Å². The summed E-state index contributed by atoms with van der Waals surface area (Å²) in [4.78, 5) is 11.4. The van der Waals surface area contributed by atoms with Crippen molar-refractivity contribution < 1.29 is 9.90 Å². The number of Topliss-reactive ketones (excluding diaryl/α,β-unsaturated/α-hetero) is 1. The third kappa shape index (κ3) is 2.99. The van der Waals surface area contributed by atoms with Crippen molar-refractivity contribution in [3.63, 3.8) is 0 Å². The van der Waals surface area contributed by atoms with Crippen LogP contribution in [0.4, 0.5) is 0 Å².